The molecule has 0 aliphatic carbocycles. The molecule has 4 nitrogen and oxygen atoms in total. The third kappa shape index (κ3) is 4.10. The van der Waals surface area contributed by atoms with Crippen molar-refractivity contribution in [2.75, 3.05) is 0 Å². The van der Waals surface area contributed by atoms with Crippen molar-refractivity contribution in [2.24, 2.45) is 5.41 Å². The number of benzene rings is 2. The van der Waals surface area contributed by atoms with Gasteiger partial charge in [0.15, 0.2) is 0 Å². The lowest BCUT2D eigenvalue weighted by Gasteiger charge is -2.15. The van der Waals surface area contributed by atoms with Crippen LogP contribution in [0.1, 0.15) is 19.4 Å². The molecule has 1 N–H and O–H groups in total. The highest BCUT2D eigenvalue weighted by Gasteiger charge is 2.26. The van der Waals surface area contributed by atoms with Gasteiger partial charge in [-0.25, -0.2) is 0 Å². The first-order valence-electron chi connectivity index (χ1n) is 7.03. The van der Waals surface area contributed by atoms with Crippen LogP contribution in [0.15, 0.2) is 54.6 Å². The molecule has 0 unspecified atom stereocenters. The summed E-state index contributed by atoms with van der Waals surface area (Å²) in [7, 11) is 0. The van der Waals surface area contributed by atoms with E-state index in [0.29, 0.717) is 12.3 Å². The zero-order valence-corrected chi connectivity index (χ0v) is 12.7. The molecule has 0 bridgehead atoms. The number of nitriles is 1. The fraction of sp³-hybridized carbons (Fsp3) is 0.222. The van der Waals surface area contributed by atoms with Crippen molar-refractivity contribution in [3.63, 3.8) is 0 Å². The van der Waals surface area contributed by atoms with E-state index in [-0.39, 0.29) is 5.91 Å². The molecule has 0 fully saturated rings. The maximum absolute atomic E-state index is 11.9. The Bertz CT molecular complexity index is 688. The third-order valence-corrected chi connectivity index (χ3v) is 3.18. The molecule has 0 atom stereocenters. The van der Waals surface area contributed by atoms with Gasteiger partial charge in [-0.05, 0) is 43.7 Å². The molecule has 22 heavy (non-hydrogen) atoms. The fourth-order valence-electron chi connectivity index (χ4n) is 1.80. The predicted octanol–water partition coefficient (Wildman–Crippen LogP) is 3.64. The Hall–Kier alpha value is -2.80. The number of rotatable bonds is 5. The molecule has 2 rings (SSSR count). The molecular formula is C18H18N2O2. The van der Waals surface area contributed by atoms with Crippen molar-refractivity contribution in [1.29, 1.82) is 5.26 Å². The first kappa shape index (κ1) is 15.6. The summed E-state index contributed by atoms with van der Waals surface area (Å²) < 4.78 is 5.75. The Balaban J connectivity index is 2.00. The molecule has 1 amide bonds. The second kappa shape index (κ2) is 6.77. The number of nitrogens with zero attached hydrogens (tertiary/aromatic N) is 1. The normalized spacial score (nSPS) is 10.6. The van der Waals surface area contributed by atoms with Crippen molar-refractivity contribution in [1.82, 2.24) is 5.32 Å². The average Bonchev–Trinajstić information content (AvgIpc) is 2.54. The van der Waals surface area contributed by atoms with E-state index in [2.05, 4.69) is 5.32 Å². The number of nitrogens with one attached hydrogen (secondary N) is 1. The second-order valence-corrected chi connectivity index (χ2v) is 5.48. The lowest BCUT2D eigenvalue weighted by Crippen LogP contribution is -2.35. The molecule has 0 aliphatic rings. The molecule has 0 radical (unpaired) electrons. The third-order valence-electron chi connectivity index (χ3n) is 3.18. The van der Waals surface area contributed by atoms with Gasteiger partial charge in [0.25, 0.3) is 0 Å². The van der Waals surface area contributed by atoms with Crippen molar-refractivity contribution < 1.29 is 9.53 Å². The van der Waals surface area contributed by atoms with E-state index in [1.54, 1.807) is 13.8 Å². The van der Waals surface area contributed by atoms with Crippen molar-refractivity contribution in [3.05, 3.63) is 60.2 Å². The highest BCUT2D eigenvalue weighted by atomic mass is 16.5. The number of hydrogen-bond acceptors (Lipinski definition) is 3. The van der Waals surface area contributed by atoms with E-state index in [9.17, 15) is 4.79 Å². The summed E-state index contributed by atoms with van der Waals surface area (Å²) in [6.45, 7) is 3.55. The van der Waals surface area contributed by atoms with Crippen LogP contribution in [0.4, 0.5) is 0 Å². The minimum Gasteiger partial charge on any atom is -0.457 e. The zero-order valence-electron chi connectivity index (χ0n) is 12.7. The van der Waals surface area contributed by atoms with Crippen LogP contribution in [0.25, 0.3) is 0 Å². The van der Waals surface area contributed by atoms with Gasteiger partial charge in [0, 0.05) is 6.54 Å². The van der Waals surface area contributed by atoms with Crippen molar-refractivity contribution in [2.45, 2.75) is 20.4 Å². The number of ether oxygens (including phenoxy) is 1. The van der Waals surface area contributed by atoms with Gasteiger partial charge >= 0.3 is 0 Å². The largest absolute Gasteiger partial charge is 0.457 e. The molecule has 0 spiro atoms. The van der Waals surface area contributed by atoms with Gasteiger partial charge in [-0.3, -0.25) is 4.79 Å². The summed E-state index contributed by atoms with van der Waals surface area (Å²) in [5.41, 5.74) is -0.117. The lowest BCUT2D eigenvalue weighted by molar-refractivity contribution is -0.126. The Morgan fingerprint density at radius 2 is 1.82 bits per heavy atom. The number of hydrogen-bond donors (Lipinski definition) is 1. The zero-order chi connectivity index (χ0) is 16.0. The molecule has 112 valence electrons. The number of carbonyl (C=O) groups is 1. The van der Waals surface area contributed by atoms with Gasteiger partial charge in [-0.15, -0.1) is 0 Å². The maximum Gasteiger partial charge on any atom is 0.240 e. The van der Waals surface area contributed by atoms with E-state index in [1.807, 2.05) is 60.7 Å². The summed E-state index contributed by atoms with van der Waals surface area (Å²) in [5.74, 6) is 1.18. The van der Waals surface area contributed by atoms with Gasteiger partial charge in [-0.1, -0.05) is 30.3 Å². The van der Waals surface area contributed by atoms with Gasteiger partial charge in [0.05, 0.1) is 6.07 Å². The van der Waals surface area contributed by atoms with E-state index in [1.165, 1.54) is 0 Å². The van der Waals surface area contributed by atoms with Gasteiger partial charge < -0.3 is 10.1 Å². The van der Waals surface area contributed by atoms with Crippen LogP contribution >= 0.6 is 0 Å². The van der Waals surface area contributed by atoms with Gasteiger partial charge in [0.1, 0.15) is 16.9 Å². The summed E-state index contributed by atoms with van der Waals surface area (Å²) >= 11 is 0. The Morgan fingerprint density at radius 1 is 1.14 bits per heavy atom. The van der Waals surface area contributed by atoms with Crippen molar-refractivity contribution >= 4 is 5.91 Å². The molecule has 0 aromatic heterocycles. The first-order valence-corrected chi connectivity index (χ1v) is 7.03. The Labute approximate surface area is 130 Å². The Morgan fingerprint density at radius 3 is 2.50 bits per heavy atom. The molecule has 0 saturated heterocycles. The molecule has 0 heterocycles. The first-order chi connectivity index (χ1) is 10.5. The summed E-state index contributed by atoms with van der Waals surface area (Å²) in [4.78, 5) is 11.9. The van der Waals surface area contributed by atoms with Crippen LogP contribution in [0.2, 0.25) is 0 Å². The van der Waals surface area contributed by atoms with E-state index < -0.39 is 5.41 Å². The molecule has 2 aromatic carbocycles. The average molecular weight is 294 g/mol. The van der Waals surface area contributed by atoms with E-state index in [0.717, 1.165) is 11.3 Å². The standard InChI is InChI=1S/C18H18N2O2/c1-18(2,13-19)17(21)20-12-14-7-6-10-16(11-14)22-15-8-4-3-5-9-15/h3-11H,12H2,1-2H3,(H,20,21). The summed E-state index contributed by atoms with van der Waals surface area (Å²) in [5, 5.41) is 11.7. The minimum absolute atomic E-state index is 0.288. The fourth-order valence-corrected chi connectivity index (χ4v) is 1.80. The van der Waals surface area contributed by atoms with Crippen LogP contribution in [-0.4, -0.2) is 5.91 Å². The monoisotopic (exact) mass is 294 g/mol. The molecule has 0 aliphatic heterocycles. The number of para-hydroxylation sites is 1. The van der Waals surface area contributed by atoms with Crippen LogP contribution in [0, 0.1) is 16.7 Å². The van der Waals surface area contributed by atoms with Crippen LogP contribution in [-0.2, 0) is 11.3 Å². The van der Waals surface area contributed by atoms with E-state index in [4.69, 9.17) is 10.00 Å². The molecular weight excluding hydrogens is 276 g/mol. The highest BCUT2D eigenvalue weighted by Crippen LogP contribution is 2.22. The molecule has 0 saturated carbocycles. The quantitative estimate of drug-likeness (QED) is 0.915. The summed E-state index contributed by atoms with van der Waals surface area (Å²) in [6.07, 6.45) is 0. The molecule has 4 heteroatoms. The number of carbonyl (C=O) groups excluding carboxylic acids is 1. The van der Waals surface area contributed by atoms with Crippen molar-refractivity contribution in [3.8, 4) is 17.6 Å². The topological polar surface area (TPSA) is 62.1 Å². The maximum atomic E-state index is 11.9. The van der Waals surface area contributed by atoms with Gasteiger partial charge in [0.2, 0.25) is 5.91 Å². The molecule has 2 aromatic rings. The minimum atomic E-state index is -1.03. The SMILES string of the molecule is CC(C)(C#N)C(=O)NCc1cccc(Oc2ccccc2)c1. The van der Waals surface area contributed by atoms with Crippen LogP contribution < -0.4 is 10.1 Å². The smallest absolute Gasteiger partial charge is 0.240 e. The van der Waals surface area contributed by atoms with Gasteiger partial charge in [-0.2, -0.15) is 5.26 Å². The highest BCUT2D eigenvalue weighted by molar-refractivity contribution is 5.84. The van der Waals surface area contributed by atoms with Crippen LogP contribution in [0.5, 0.6) is 11.5 Å². The van der Waals surface area contributed by atoms with Crippen LogP contribution in [0.3, 0.4) is 0 Å². The predicted molar refractivity (Wildman–Crippen MR) is 84.2 cm³/mol. The summed E-state index contributed by atoms with van der Waals surface area (Å²) in [6, 6.07) is 19.0. The Kier molecular flexibility index (Phi) is 4.80. The lowest BCUT2D eigenvalue weighted by atomic mass is 9.95. The second-order valence-electron chi connectivity index (χ2n) is 5.48. The number of amides is 1. The van der Waals surface area contributed by atoms with E-state index >= 15 is 0 Å².